The molecule has 0 aromatic carbocycles. The van der Waals surface area contributed by atoms with Crippen LogP contribution in [0.4, 0.5) is 0 Å². The van der Waals surface area contributed by atoms with E-state index in [-0.39, 0.29) is 18.0 Å². The van der Waals surface area contributed by atoms with Gasteiger partial charge in [0.05, 0.1) is 6.10 Å². The van der Waals surface area contributed by atoms with Crippen molar-refractivity contribution in [1.82, 2.24) is 0 Å². The lowest BCUT2D eigenvalue weighted by Crippen LogP contribution is -2.23. The van der Waals surface area contributed by atoms with Gasteiger partial charge in [0, 0.05) is 12.3 Å². The highest BCUT2D eigenvalue weighted by molar-refractivity contribution is 5.86. The molecule has 0 aromatic rings. The fraction of sp³-hybridized carbons (Fsp3) is 0.667. The predicted molar refractivity (Wildman–Crippen MR) is 68.7 cm³/mol. The van der Waals surface area contributed by atoms with Crippen molar-refractivity contribution in [1.29, 1.82) is 0 Å². The van der Waals surface area contributed by atoms with Crippen LogP contribution in [0, 0.1) is 11.8 Å². The SMILES string of the molecule is C=C1[C@H](C(=O)CC(C)C)O[C@H]2C=C(C)CC[C@@H]12. The van der Waals surface area contributed by atoms with Gasteiger partial charge in [-0.1, -0.05) is 32.1 Å². The summed E-state index contributed by atoms with van der Waals surface area (Å²) in [4.78, 5) is 12.1. The van der Waals surface area contributed by atoms with Crippen molar-refractivity contribution in [2.45, 2.75) is 52.2 Å². The van der Waals surface area contributed by atoms with Crippen molar-refractivity contribution >= 4 is 5.78 Å². The molecule has 0 N–H and O–H groups in total. The molecule has 2 nitrogen and oxygen atoms in total. The molecule has 2 heteroatoms. The average molecular weight is 234 g/mol. The van der Waals surface area contributed by atoms with E-state index in [0.29, 0.717) is 18.3 Å². The summed E-state index contributed by atoms with van der Waals surface area (Å²) in [6, 6.07) is 0. The predicted octanol–water partition coefficient (Wildman–Crippen LogP) is 3.28. The zero-order valence-corrected chi connectivity index (χ0v) is 11.0. The summed E-state index contributed by atoms with van der Waals surface area (Å²) >= 11 is 0. The van der Waals surface area contributed by atoms with Crippen LogP contribution < -0.4 is 0 Å². The lowest BCUT2D eigenvalue weighted by atomic mass is 9.83. The van der Waals surface area contributed by atoms with Crippen LogP contribution in [0.1, 0.15) is 40.0 Å². The number of hydrogen-bond acceptors (Lipinski definition) is 2. The minimum atomic E-state index is -0.352. The number of fused-ring (bicyclic) bond motifs is 1. The van der Waals surface area contributed by atoms with E-state index in [1.54, 1.807) is 0 Å². The summed E-state index contributed by atoms with van der Waals surface area (Å²) in [5, 5.41) is 0. The van der Waals surface area contributed by atoms with Crippen LogP contribution in [0.15, 0.2) is 23.8 Å². The van der Waals surface area contributed by atoms with E-state index >= 15 is 0 Å². The van der Waals surface area contributed by atoms with Gasteiger partial charge in [-0.25, -0.2) is 0 Å². The minimum Gasteiger partial charge on any atom is -0.358 e. The topological polar surface area (TPSA) is 26.3 Å². The number of carbonyl (C=O) groups is 1. The second-order valence-electron chi connectivity index (χ2n) is 5.78. The molecule has 0 unspecified atom stereocenters. The maximum atomic E-state index is 12.1. The molecule has 2 aliphatic rings. The molecule has 2 rings (SSSR count). The van der Waals surface area contributed by atoms with Gasteiger partial charge in [-0.3, -0.25) is 4.79 Å². The third-order valence-corrected chi connectivity index (χ3v) is 3.70. The summed E-state index contributed by atoms with van der Waals surface area (Å²) in [7, 11) is 0. The van der Waals surface area contributed by atoms with E-state index in [2.05, 4.69) is 33.4 Å². The van der Waals surface area contributed by atoms with E-state index in [4.69, 9.17) is 4.74 Å². The molecule has 1 heterocycles. The first kappa shape index (κ1) is 12.6. The van der Waals surface area contributed by atoms with Crippen LogP contribution >= 0.6 is 0 Å². The lowest BCUT2D eigenvalue weighted by molar-refractivity contribution is -0.128. The molecule has 0 bridgehead atoms. The van der Waals surface area contributed by atoms with Crippen LogP contribution in [0.5, 0.6) is 0 Å². The van der Waals surface area contributed by atoms with Crippen molar-refractivity contribution in [3.05, 3.63) is 23.8 Å². The number of ketones is 1. The van der Waals surface area contributed by atoms with Crippen LogP contribution in [0.3, 0.4) is 0 Å². The summed E-state index contributed by atoms with van der Waals surface area (Å²) < 4.78 is 5.89. The van der Waals surface area contributed by atoms with Crippen LogP contribution in [0.25, 0.3) is 0 Å². The summed E-state index contributed by atoms with van der Waals surface area (Å²) in [5.74, 6) is 0.948. The number of rotatable bonds is 3. The molecule has 0 spiro atoms. The second kappa shape index (κ2) is 4.77. The van der Waals surface area contributed by atoms with E-state index in [1.165, 1.54) is 5.57 Å². The standard InChI is InChI=1S/C15H22O2/c1-9(2)7-13(16)15-11(4)12-6-5-10(3)8-14(12)17-15/h8-9,12,14-15H,4-7H2,1-3H3/t12-,14-,15+/m0/s1. The smallest absolute Gasteiger partial charge is 0.166 e. The first-order chi connectivity index (χ1) is 7.99. The lowest BCUT2D eigenvalue weighted by Gasteiger charge is -2.21. The van der Waals surface area contributed by atoms with Crippen molar-refractivity contribution in [2.75, 3.05) is 0 Å². The maximum Gasteiger partial charge on any atom is 0.166 e. The van der Waals surface area contributed by atoms with Gasteiger partial charge < -0.3 is 4.74 Å². The molecular weight excluding hydrogens is 212 g/mol. The largest absolute Gasteiger partial charge is 0.358 e. The first-order valence-electron chi connectivity index (χ1n) is 6.53. The Morgan fingerprint density at radius 2 is 2.29 bits per heavy atom. The minimum absolute atomic E-state index is 0.0948. The van der Waals surface area contributed by atoms with Crippen LogP contribution in [0.2, 0.25) is 0 Å². The second-order valence-corrected chi connectivity index (χ2v) is 5.78. The molecule has 0 amide bonds. The molecule has 1 aliphatic carbocycles. The molecule has 0 aromatic heterocycles. The van der Waals surface area contributed by atoms with Gasteiger partial charge in [0.2, 0.25) is 0 Å². The third-order valence-electron chi connectivity index (χ3n) is 3.70. The van der Waals surface area contributed by atoms with Crippen LogP contribution in [-0.4, -0.2) is 18.0 Å². The Bertz CT molecular complexity index is 365. The Morgan fingerprint density at radius 3 is 2.94 bits per heavy atom. The molecule has 0 saturated carbocycles. The normalized spacial score (nSPS) is 32.6. The van der Waals surface area contributed by atoms with Crippen molar-refractivity contribution < 1.29 is 9.53 Å². The molecule has 0 radical (unpaired) electrons. The van der Waals surface area contributed by atoms with Crippen molar-refractivity contribution in [2.24, 2.45) is 11.8 Å². The number of ether oxygens (including phenoxy) is 1. The highest BCUT2D eigenvalue weighted by Crippen LogP contribution is 2.40. The quantitative estimate of drug-likeness (QED) is 0.700. The number of Topliss-reactive ketones (excluding diaryl/α,β-unsaturated/α-hetero) is 1. The Labute approximate surface area is 104 Å². The molecule has 1 fully saturated rings. The summed E-state index contributed by atoms with van der Waals surface area (Å²) in [5.41, 5.74) is 2.38. The Kier molecular flexibility index (Phi) is 3.53. The Balaban J connectivity index is 2.09. The fourth-order valence-corrected chi connectivity index (χ4v) is 2.79. The van der Waals surface area contributed by atoms with Gasteiger partial charge >= 0.3 is 0 Å². The Morgan fingerprint density at radius 1 is 1.59 bits per heavy atom. The van der Waals surface area contributed by atoms with Gasteiger partial charge in [-0.15, -0.1) is 0 Å². The van der Waals surface area contributed by atoms with Gasteiger partial charge in [-0.2, -0.15) is 0 Å². The fourth-order valence-electron chi connectivity index (χ4n) is 2.79. The van der Waals surface area contributed by atoms with Gasteiger partial charge in [0.1, 0.15) is 6.10 Å². The highest BCUT2D eigenvalue weighted by atomic mass is 16.5. The van der Waals surface area contributed by atoms with E-state index < -0.39 is 0 Å². The number of carbonyl (C=O) groups excluding carboxylic acids is 1. The first-order valence-corrected chi connectivity index (χ1v) is 6.53. The zero-order valence-electron chi connectivity index (χ0n) is 11.0. The molecule has 1 saturated heterocycles. The number of hydrogen-bond donors (Lipinski definition) is 0. The summed E-state index contributed by atoms with van der Waals surface area (Å²) in [6.45, 7) is 10.4. The third kappa shape index (κ3) is 2.52. The van der Waals surface area contributed by atoms with Crippen LogP contribution in [-0.2, 0) is 9.53 Å². The van der Waals surface area contributed by atoms with E-state index in [9.17, 15) is 4.79 Å². The summed E-state index contributed by atoms with van der Waals surface area (Å²) in [6.07, 6.45) is 4.69. The maximum absolute atomic E-state index is 12.1. The molecule has 1 aliphatic heterocycles. The monoisotopic (exact) mass is 234 g/mol. The Hall–Kier alpha value is -0.890. The van der Waals surface area contributed by atoms with E-state index in [0.717, 1.165) is 18.4 Å². The molecule has 94 valence electrons. The highest BCUT2D eigenvalue weighted by Gasteiger charge is 2.41. The number of allylic oxidation sites excluding steroid dienone is 1. The van der Waals surface area contributed by atoms with Gasteiger partial charge in [0.15, 0.2) is 5.78 Å². The van der Waals surface area contributed by atoms with Gasteiger partial charge in [-0.05, 0) is 31.3 Å². The van der Waals surface area contributed by atoms with Crippen molar-refractivity contribution in [3.63, 3.8) is 0 Å². The zero-order chi connectivity index (χ0) is 12.6. The van der Waals surface area contributed by atoms with Gasteiger partial charge in [0.25, 0.3) is 0 Å². The van der Waals surface area contributed by atoms with E-state index in [1.807, 2.05) is 0 Å². The van der Waals surface area contributed by atoms with Crippen molar-refractivity contribution in [3.8, 4) is 0 Å². The molecular formula is C15H22O2. The molecule has 3 atom stereocenters. The average Bonchev–Trinajstić information content (AvgIpc) is 2.54. The molecule has 17 heavy (non-hydrogen) atoms.